The molecule has 0 spiro atoms. The predicted octanol–water partition coefficient (Wildman–Crippen LogP) is 0.995. The summed E-state index contributed by atoms with van der Waals surface area (Å²) in [5, 5.41) is 11.3. The van der Waals surface area contributed by atoms with Crippen LogP contribution in [0.15, 0.2) is 18.2 Å². The van der Waals surface area contributed by atoms with Gasteiger partial charge >= 0.3 is 5.97 Å². The molecule has 0 bridgehead atoms. The molecular weight excluding hydrogens is 288 g/mol. The van der Waals surface area contributed by atoms with Gasteiger partial charge in [-0.15, -0.1) is 0 Å². The molecule has 1 aliphatic heterocycles. The third-order valence-electron chi connectivity index (χ3n) is 3.62. The zero-order valence-electron chi connectivity index (χ0n) is 12.5. The lowest BCUT2D eigenvalue weighted by Gasteiger charge is -2.24. The van der Waals surface area contributed by atoms with E-state index in [1.807, 2.05) is 0 Å². The number of carboxylic acids is 1. The molecule has 0 aliphatic carbocycles. The summed E-state index contributed by atoms with van der Waals surface area (Å²) in [6.45, 7) is 1.97. The Morgan fingerprint density at radius 3 is 2.86 bits per heavy atom. The van der Waals surface area contributed by atoms with E-state index in [2.05, 4.69) is 5.32 Å². The van der Waals surface area contributed by atoms with Crippen LogP contribution in [0.3, 0.4) is 0 Å². The van der Waals surface area contributed by atoms with Gasteiger partial charge in [0.1, 0.15) is 5.75 Å². The van der Waals surface area contributed by atoms with E-state index in [-0.39, 0.29) is 31.3 Å². The number of Topliss-reactive ketones (excluding diaryl/α,β-unsaturated/α-hetero) is 1. The van der Waals surface area contributed by atoms with Crippen LogP contribution < -0.4 is 10.1 Å². The normalized spacial score (nSPS) is 14.8. The molecule has 2 N–H and O–H groups in total. The van der Waals surface area contributed by atoms with E-state index in [1.54, 1.807) is 37.1 Å². The molecule has 0 fully saturated rings. The van der Waals surface area contributed by atoms with Crippen LogP contribution in [0.25, 0.3) is 0 Å². The van der Waals surface area contributed by atoms with E-state index in [4.69, 9.17) is 9.84 Å². The highest BCUT2D eigenvalue weighted by atomic mass is 16.5. The number of amides is 1. The van der Waals surface area contributed by atoms with Crippen LogP contribution in [0.2, 0.25) is 0 Å². The van der Waals surface area contributed by atoms with Crippen molar-refractivity contribution in [2.45, 2.75) is 19.4 Å². The molecule has 1 aromatic carbocycles. The van der Waals surface area contributed by atoms with Gasteiger partial charge in [-0.3, -0.25) is 19.3 Å². The van der Waals surface area contributed by atoms with Gasteiger partial charge in [-0.05, 0) is 32.2 Å². The van der Waals surface area contributed by atoms with Gasteiger partial charge in [0.15, 0.2) is 12.4 Å². The first-order valence-electron chi connectivity index (χ1n) is 6.91. The average Bonchev–Trinajstić information content (AvgIpc) is 2.50. The molecule has 1 aromatic rings. The number of carbonyl (C=O) groups is 3. The highest BCUT2D eigenvalue weighted by Gasteiger charge is 2.23. The molecule has 0 aromatic heterocycles. The van der Waals surface area contributed by atoms with Crippen molar-refractivity contribution < 1.29 is 24.2 Å². The van der Waals surface area contributed by atoms with Gasteiger partial charge in [0.2, 0.25) is 0 Å². The van der Waals surface area contributed by atoms with Crippen molar-refractivity contribution >= 4 is 23.3 Å². The number of aliphatic carboxylic acids is 1. The SMILES string of the molecule is CC(C(=O)c1ccc2c(c1)NC(=O)CO2)N(C)CCC(=O)O. The number of anilines is 1. The Balaban J connectivity index is 2.10. The predicted molar refractivity (Wildman–Crippen MR) is 79.2 cm³/mol. The number of likely N-dealkylation sites (N-methyl/N-ethyl adjacent to an activating group) is 1. The lowest BCUT2D eigenvalue weighted by atomic mass is 10.0. The molecule has 1 heterocycles. The maximum absolute atomic E-state index is 12.5. The second-order valence-corrected chi connectivity index (χ2v) is 5.21. The van der Waals surface area contributed by atoms with Crippen molar-refractivity contribution in [3.8, 4) is 5.75 Å². The second-order valence-electron chi connectivity index (χ2n) is 5.21. The van der Waals surface area contributed by atoms with E-state index >= 15 is 0 Å². The van der Waals surface area contributed by atoms with Gasteiger partial charge in [0.25, 0.3) is 5.91 Å². The summed E-state index contributed by atoms with van der Waals surface area (Å²) < 4.78 is 5.24. The smallest absolute Gasteiger partial charge is 0.304 e. The molecule has 7 heteroatoms. The van der Waals surface area contributed by atoms with Crippen molar-refractivity contribution in [3.05, 3.63) is 23.8 Å². The van der Waals surface area contributed by atoms with Crippen LogP contribution in [0, 0.1) is 0 Å². The van der Waals surface area contributed by atoms with E-state index in [1.165, 1.54) is 0 Å². The minimum absolute atomic E-state index is 0.0256. The molecule has 118 valence electrons. The zero-order chi connectivity index (χ0) is 16.3. The molecule has 1 atom stereocenters. The fourth-order valence-corrected chi connectivity index (χ4v) is 2.14. The number of ether oxygens (including phenoxy) is 1. The highest BCUT2D eigenvalue weighted by molar-refractivity contribution is 6.03. The van der Waals surface area contributed by atoms with Crippen LogP contribution >= 0.6 is 0 Å². The maximum atomic E-state index is 12.5. The maximum Gasteiger partial charge on any atom is 0.304 e. The molecule has 22 heavy (non-hydrogen) atoms. The number of nitrogens with one attached hydrogen (secondary N) is 1. The topological polar surface area (TPSA) is 95.9 Å². The molecule has 2 rings (SSSR count). The van der Waals surface area contributed by atoms with Gasteiger partial charge in [0, 0.05) is 12.1 Å². The molecule has 0 saturated carbocycles. The lowest BCUT2D eigenvalue weighted by molar-refractivity contribution is -0.137. The minimum atomic E-state index is -0.903. The Kier molecular flexibility index (Phi) is 4.77. The molecule has 1 aliphatic rings. The summed E-state index contributed by atoms with van der Waals surface area (Å²) in [6.07, 6.45) is -0.0256. The Morgan fingerprint density at radius 2 is 2.18 bits per heavy atom. The third-order valence-corrected chi connectivity index (χ3v) is 3.62. The molecular formula is C15H18N2O5. The van der Waals surface area contributed by atoms with Crippen LogP contribution in [0.5, 0.6) is 5.75 Å². The first-order chi connectivity index (χ1) is 10.4. The lowest BCUT2D eigenvalue weighted by Crippen LogP contribution is -2.37. The number of hydrogen-bond donors (Lipinski definition) is 2. The minimum Gasteiger partial charge on any atom is -0.482 e. The van der Waals surface area contributed by atoms with Gasteiger partial charge < -0.3 is 15.2 Å². The van der Waals surface area contributed by atoms with Crippen molar-refractivity contribution in [2.75, 3.05) is 25.5 Å². The number of fused-ring (bicyclic) bond motifs is 1. The second kappa shape index (κ2) is 6.57. The number of carboxylic acid groups (broad SMARTS) is 1. The number of carbonyl (C=O) groups excluding carboxylic acids is 2. The number of nitrogens with zero attached hydrogens (tertiary/aromatic N) is 1. The van der Waals surface area contributed by atoms with Gasteiger partial charge in [0.05, 0.1) is 18.2 Å². The molecule has 1 unspecified atom stereocenters. The van der Waals surface area contributed by atoms with Crippen LogP contribution in [0.1, 0.15) is 23.7 Å². The van der Waals surface area contributed by atoms with Gasteiger partial charge in [-0.1, -0.05) is 0 Å². The number of benzene rings is 1. The summed E-state index contributed by atoms with van der Waals surface area (Å²) >= 11 is 0. The molecule has 7 nitrogen and oxygen atoms in total. The Bertz CT molecular complexity index is 614. The number of hydrogen-bond acceptors (Lipinski definition) is 5. The molecule has 0 radical (unpaired) electrons. The number of rotatable bonds is 6. The first-order valence-corrected chi connectivity index (χ1v) is 6.91. The Hall–Kier alpha value is -2.41. The largest absolute Gasteiger partial charge is 0.482 e. The quantitative estimate of drug-likeness (QED) is 0.761. The van der Waals surface area contributed by atoms with Crippen molar-refractivity contribution in [1.29, 1.82) is 0 Å². The summed E-state index contributed by atoms with van der Waals surface area (Å²) in [5.74, 6) is -0.776. The van der Waals surface area contributed by atoms with Crippen LogP contribution in [-0.4, -0.2) is 53.9 Å². The van der Waals surface area contributed by atoms with Crippen molar-refractivity contribution in [1.82, 2.24) is 4.90 Å². The highest BCUT2D eigenvalue weighted by Crippen LogP contribution is 2.29. The Morgan fingerprint density at radius 1 is 1.45 bits per heavy atom. The van der Waals surface area contributed by atoms with E-state index in [0.29, 0.717) is 17.0 Å². The summed E-state index contributed by atoms with van der Waals surface area (Å²) in [5.41, 5.74) is 0.918. The standard InChI is InChI=1S/C15H18N2O5/c1-9(17(2)6-5-14(19)20)15(21)10-3-4-12-11(7-10)16-13(18)8-22-12/h3-4,7,9H,5-6,8H2,1-2H3,(H,16,18)(H,19,20). The van der Waals surface area contributed by atoms with Gasteiger partial charge in [-0.25, -0.2) is 0 Å². The fraction of sp³-hybridized carbons (Fsp3) is 0.400. The van der Waals surface area contributed by atoms with Gasteiger partial charge in [-0.2, -0.15) is 0 Å². The summed E-state index contributed by atoms with van der Waals surface area (Å²) in [6, 6.07) is 4.40. The Labute approximate surface area is 127 Å². The average molecular weight is 306 g/mol. The van der Waals surface area contributed by atoms with Crippen LogP contribution in [-0.2, 0) is 9.59 Å². The summed E-state index contributed by atoms with van der Waals surface area (Å²) in [7, 11) is 1.70. The first kappa shape index (κ1) is 16.0. The van der Waals surface area contributed by atoms with Crippen molar-refractivity contribution in [2.24, 2.45) is 0 Å². The number of ketones is 1. The molecule has 0 saturated heterocycles. The molecule has 1 amide bonds. The van der Waals surface area contributed by atoms with E-state index < -0.39 is 12.0 Å². The third kappa shape index (κ3) is 3.62. The van der Waals surface area contributed by atoms with E-state index in [9.17, 15) is 14.4 Å². The monoisotopic (exact) mass is 306 g/mol. The summed E-state index contributed by atoms with van der Waals surface area (Å²) in [4.78, 5) is 36.0. The zero-order valence-corrected chi connectivity index (χ0v) is 12.5. The van der Waals surface area contributed by atoms with E-state index in [0.717, 1.165) is 0 Å². The fourth-order valence-electron chi connectivity index (χ4n) is 2.14. The van der Waals surface area contributed by atoms with Crippen LogP contribution in [0.4, 0.5) is 5.69 Å². The van der Waals surface area contributed by atoms with Crippen molar-refractivity contribution in [3.63, 3.8) is 0 Å².